The van der Waals surface area contributed by atoms with E-state index in [1.54, 1.807) is 6.92 Å². The van der Waals surface area contributed by atoms with Crippen molar-refractivity contribution in [3.63, 3.8) is 0 Å². The third kappa shape index (κ3) is 2.57. The molecule has 0 amide bonds. The number of imidazole rings is 1. The van der Waals surface area contributed by atoms with Crippen LogP contribution >= 0.6 is 0 Å². The fourth-order valence-electron chi connectivity index (χ4n) is 2.35. The molecular formula is C15H17N3O4. The van der Waals surface area contributed by atoms with Gasteiger partial charge < -0.3 is 0 Å². The number of carbonyl (C=O) groups is 1. The Labute approximate surface area is 126 Å². The molecular weight excluding hydrogens is 286 g/mol. The van der Waals surface area contributed by atoms with E-state index >= 15 is 0 Å². The van der Waals surface area contributed by atoms with E-state index in [-0.39, 0.29) is 23.5 Å². The van der Waals surface area contributed by atoms with E-state index in [0.717, 1.165) is 11.0 Å². The zero-order valence-electron chi connectivity index (χ0n) is 12.5. The summed E-state index contributed by atoms with van der Waals surface area (Å²) in [5.74, 6) is -0.364. The minimum atomic E-state index is -0.553. The first kappa shape index (κ1) is 15.7. The number of aromatic nitrogens is 2. The van der Waals surface area contributed by atoms with Gasteiger partial charge in [-0.2, -0.15) is 0 Å². The van der Waals surface area contributed by atoms with Crippen molar-refractivity contribution in [1.29, 1.82) is 0 Å². The van der Waals surface area contributed by atoms with Crippen LogP contribution in [0.15, 0.2) is 29.6 Å². The highest BCUT2D eigenvalue weighted by Crippen LogP contribution is 2.22. The molecule has 1 heterocycles. The molecule has 0 aliphatic heterocycles. The van der Waals surface area contributed by atoms with Gasteiger partial charge in [0.1, 0.15) is 0 Å². The molecule has 0 radical (unpaired) electrons. The number of nitro benzene ring substituents is 1. The van der Waals surface area contributed by atoms with Crippen LogP contribution in [-0.2, 0) is 0 Å². The highest BCUT2D eigenvalue weighted by Gasteiger charge is 2.20. The average Bonchev–Trinajstić information content (AvgIpc) is 2.75. The number of nitro groups is 1. The molecule has 116 valence electrons. The standard InChI is InChI=1S/C15H17N3O4/c1-4-5-6-14(19)17-13-9-11(18(21)22)7-8-12(13)16(10(2)3)15(17)20/h7-9H,2,4-6H2,1,3H3. The number of hydrogen-bond donors (Lipinski definition) is 0. The zero-order chi connectivity index (χ0) is 16.4. The number of hydrogen-bond acceptors (Lipinski definition) is 4. The zero-order valence-corrected chi connectivity index (χ0v) is 12.5. The second-order valence-electron chi connectivity index (χ2n) is 5.12. The average molecular weight is 303 g/mol. The smallest absolute Gasteiger partial charge is 0.274 e. The van der Waals surface area contributed by atoms with Crippen LogP contribution in [0.25, 0.3) is 16.7 Å². The number of non-ortho nitro benzene ring substituents is 1. The largest absolute Gasteiger partial charge is 0.340 e. The fraction of sp³-hybridized carbons (Fsp3) is 0.333. The first-order chi connectivity index (χ1) is 10.4. The van der Waals surface area contributed by atoms with Crippen molar-refractivity contribution >= 4 is 28.3 Å². The van der Waals surface area contributed by atoms with E-state index < -0.39 is 10.6 Å². The van der Waals surface area contributed by atoms with Gasteiger partial charge >= 0.3 is 5.69 Å². The number of fused-ring (bicyclic) bond motifs is 1. The molecule has 1 aromatic carbocycles. The summed E-state index contributed by atoms with van der Waals surface area (Å²) in [4.78, 5) is 35.2. The predicted molar refractivity (Wildman–Crippen MR) is 84.0 cm³/mol. The van der Waals surface area contributed by atoms with Crippen molar-refractivity contribution in [3.05, 3.63) is 45.4 Å². The Hall–Kier alpha value is -2.70. The van der Waals surface area contributed by atoms with Gasteiger partial charge in [0.25, 0.3) is 5.69 Å². The molecule has 0 bridgehead atoms. The van der Waals surface area contributed by atoms with Crippen molar-refractivity contribution in [3.8, 4) is 0 Å². The van der Waals surface area contributed by atoms with Gasteiger partial charge in [0, 0.05) is 24.3 Å². The number of allylic oxidation sites excluding steroid dienone is 1. The van der Waals surface area contributed by atoms with Crippen LogP contribution in [0.4, 0.5) is 5.69 Å². The second-order valence-corrected chi connectivity index (χ2v) is 5.12. The SMILES string of the molecule is C=C(C)n1c(=O)n(C(=O)CCCC)c2cc([N+](=O)[O-])ccc21. The molecule has 0 saturated heterocycles. The maximum Gasteiger partial charge on any atom is 0.340 e. The first-order valence-corrected chi connectivity index (χ1v) is 6.99. The summed E-state index contributed by atoms with van der Waals surface area (Å²) in [5, 5.41) is 10.9. The van der Waals surface area contributed by atoms with Crippen LogP contribution < -0.4 is 5.69 Å². The van der Waals surface area contributed by atoms with Gasteiger partial charge in [-0.15, -0.1) is 0 Å². The van der Waals surface area contributed by atoms with Crippen LogP contribution in [0.2, 0.25) is 0 Å². The maximum atomic E-state index is 12.5. The van der Waals surface area contributed by atoms with Gasteiger partial charge in [-0.05, 0) is 19.4 Å². The lowest BCUT2D eigenvalue weighted by atomic mass is 10.2. The lowest BCUT2D eigenvalue weighted by molar-refractivity contribution is -0.384. The van der Waals surface area contributed by atoms with Gasteiger partial charge in [-0.25, -0.2) is 9.36 Å². The second kappa shape index (κ2) is 5.97. The summed E-state index contributed by atoms with van der Waals surface area (Å²) in [6, 6.07) is 4.02. The molecule has 1 aromatic heterocycles. The number of nitrogens with zero attached hydrogens (tertiary/aromatic N) is 3. The molecule has 7 heteroatoms. The highest BCUT2D eigenvalue weighted by molar-refractivity contribution is 5.92. The van der Waals surface area contributed by atoms with Crippen LogP contribution in [0.1, 0.15) is 37.9 Å². The highest BCUT2D eigenvalue weighted by atomic mass is 16.6. The lowest BCUT2D eigenvalue weighted by Gasteiger charge is -2.01. The predicted octanol–water partition coefficient (Wildman–Crippen LogP) is 3.03. The third-order valence-corrected chi connectivity index (χ3v) is 3.41. The minimum absolute atomic E-state index is 0.164. The maximum absolute atomic E-state index is 12.5. The molecule has 22 heavy (non-hydrogen) atoms. The van der Waals surface area contributed by atoms with E-state index in [0.29, 0.717) is 17.6 Å². The molecule has 7 nitrogen and oxygen atoms in total. The monoisotopic (exact) mass is 303 g/mol. The molecule has 0 N–H and O–H groups in total. The van der Waals surface area contributed by atoms with Crippen molar-refractivity contribution in [1.82, 2.24) is 9.13 Å². The van der Waals surface area contributed by atoms with Crippen LogP contribution in [0, 0.1) is 10.1 Å². The summed E-state index contributed by atoms with van der Waals surface area (Å²) in [7, 11) is 0. The van der Waals surface area contributed by atoms with E-state index in [4.69, 9.17) is 0 Å². The summed E-state index contributed by atoms with van der Waals surface area (Å²) < 4.78 is 2.30. The Balaban J connectivity index is 2.77. The molecule has 0 atom stereocenters. The third-order valence-electron chi connectivity index (χ3n) is 3.41. The Morgan fingerprint density at radius 3 is 2.55 bits per heavy atom. The van der Waals surface area contributed by atoms with E-state index in [1.165, 1.54) is 22.8 Å². The van der Waals surface area contributed by atoms with Gasteiger partial charge in [0.15, 0.2) is 0 Å². The molecule has 0 aliphatic carbocycles. The van der Waals surface area contributed by atoms with E-state index in [2.05, 4.69) is 6.58 Å². The van der Waals surface area contributed by atoms with Crippen molar-refractivity contribution in [2.24, 2.45) is 0 Å². The van der Waals surface area contributed by atoms with E-state index in [1.807, 2.05) is 6.92 Å². The number of carbonyl (C=O) groups excluding carboxylic acids is 1. The van der Waals surface area contributed by atoms with E-state index in [9.17, 15) is 19.7 Å². The summed E-state index contributed by atoms with van der Waals surface area (Å²) in [6.07, 6.45) is 1.69. The summed E-state index contributed by atoms with van der Waals surface area (Å²) >= 11 is 0. The molecule has 0 unspecified atom stereocenters. The van der Waals surface area contributed by atoms with Crippen LogP contribution in [-0.4, -0.2) is 20.0 Å². The Morgan fingerprint density at radius 2 is 2.00 bits per heavy atom. The minimum Gasteiger partial charge on any atom is -0.274 e. The Kier molecular flexibility index (Phi) is 4.25. The molecule has 2 rings (SSSR count). The van der Waals surface area contributed by atoms with Crippen molar-refractivity contribution in [2.75, 3.05) is 0 Å². The number of benzene rings is 1. The molecule has 0 aliphatic rings. The van der Waals surface area contributed by atoms with Crippen molar-refractivity contribution < 1.29 is 9.72 Å². The van der Waals surface area contributed by atoms with Crippen LogP contribution in [0.5, 0.6) is 0 Å². The molecule has 0 spiro atoms. The van der Waals surface area contributed by atoms with Gasteiger partial charge in [-0.1, -0.05) is 19.9 Å². The summed E-state index contributed by atoms with van der Waals surface area (Å²) in [5.41, 5.74) is 0.426. The summed E-state index contributed by atoms with van der Waals surface area (Å²) in [6.45, 7) is 7.32. The van der Waals surface area contributed by atoms with Gasteiger partial charge in [0.05, 0.1) is 16.0 Å². The normalized spacial score (nSPS) is 10.8. The Bertz CT molecular complexity index is 829. The lowest BCUT2D eigenvalue weighted by Crippen LogP contribution is -2.28. The van der Waals surface area contributed by atoms with Crippen molar-refractivity contribution in [2.45, 2.75) is 33.1 Å². The van der Waals surface area contributed by atoms with Gasteiger partial charge in [0.2, 0.25) is 5.91 Å². The quantitative estimate of drug-likeness (QED) is 0.627. The molecule has 0 fully saturated rings. The fourth-order valence-corrected chi connectivity index (χ4v) is 2.35. The van der Waals surface area contributed by atoms with Gasteiger partial charge in [-0.3, -0.25) is 19.5 Å². The molecule has 2 aromatic rings. The molecule has 0 saturated carbocycles. The first-order valence-electron chi connectivity index (χ1n) is 6.99. The number of unbranched alkanes of at least 4 members (excludes halogenated alkanes) is 1. The van der Waals surface area contributed by atoms with Crippen LogP contribution in [0.3, 0.4) is 0 Å². The topological polar surface area (TPSA) is 87.1 Å². The Morgan fingerprint density at radius 1 is 1.32 bits per heavy atom. The number of rotatable bonds is 5.